The number of allylic oxidation sites excluding steroid dienone is 1. The second-order valence-corrected chi connectivity index (χ2v) is 6.07. The van der Waals surface area contributed by atoms with Crippen molar-refractivity contribution in [3.8, 4) is 5.75 Å². The van der Waals surface area contributed by atoms with Gasteiger partial charge < -0.3 is 4.74 Å². The molecule has 106 valence electrons. The van der Waals surface area contributed by atoms with Gasteiger partial charge >= 0.3 is 0 Å². The van der Waals surface area contributed by atoms with Crippen LogP contribution in [0, 0.1) is 0 Å². The van der Waals surface area contributed by atoms with Gasteiger partial charge in [-0.15, -0.1) is 0 Å². The number of hydrogen-bond donors (Lipinski definition) is 0. The minimum absolute atomic E-state index is 0.0537. The van der Waals surface area contributed by atoms with Gasteiger partial charge in [0, 0.05) is 21.0 Å². The fourth-order valence-corrected chi connectivity index (χ4v) is 3.42. The van der Waals surface area contributed by atoms with E-state index >= 15 is 0 Å². The van der Waals surface area contributed by atoms with E-state index in [1.807, 2.05) is 49.4 Å². The Morgan fingerprint density at radius 1 is 1.24 bits per heavy atom. The molecule has 1 heterocycles. The zero-order valence-electron chi connectivity index (χ0n) is 11.4. The molecule has 0 amide bonds. The van der Waals surface area contributed by atoms with Crippen LogP contribution in [0.4, 0.5) is 0 Å². The summed E-state index contributed by atoms with van der Waals surface area (Å²) in [5, 5.41) is 0.623. The Kier molecular flexibility index (Phi) is 4.04. The minimum atomic E-state index is 0.0537. The standard InChI is InChI=1S/C17H13ClO2S/c1-2-20-14-8-7-12(18)9-11(14)10-16-17(19)13-5-3-4-6-15(13)21-16/h3-10H,2H2,1H3/b16-10-. The summed E-state index contributed by atoms with van der Waals surface area (Å²) in [6.45, 7) is 2.50. The molecule has 0 saturated carbocycles. The SMILES string of the molecule is CCOc1ccc(Cl)cc1/C=C1\Sc2ccccc2C1=O. The Bertz CT molecular complexity index is 737. The van der Waals surface area contributed by atoms with Crippen molar-refractivity contribution in [1.29, 1.82) is 0 Å². The highest BCUT2D eigenvalue weighted by molar-refractivity contribution is 8.04. The van der Waals surface area contributed by atoms with E-state index in [0.717, 1.165) is 21.8 Å². The molecule has 0 radical (unpaired) electrons. The number of carbonyl (C=O) groups excluding carboxylic acids is 1. The molecule has 2 aromatic rings. The van der Waals surface area contributed by atoms with E-state index in [9.17, 15) is 4.79 Å². The van der Waals surface area contributed by atoms with Crippen molar-refractivity contribution in [2.45, 2.75) is 11.8 Å². The van der Waals surface area contributed by atoms with Crippen LogP contribution in [0.1, 0.15) is 22.8 Å². The first kappa shape index (κ1) is 14.2. The molecule has 0 N–H and O–H groups in total. The van der Waals surface area contributed by atoms with Gasteiger partial charge in [-0.2, -0.15) is 0 Å². The number of Topliss-reactive ketones (excluding diaryl/α,β-unsaturated/α-hetero) is 1. The van der Waals surface area contributed by atoms with Gasteiger partial charge in [-0.05, 0) is 43.3 Å². The fraction of sp³-hybridized carbons (Fsp3) is 0.118. The fourth-order valence-electron chi connectivity index (χ4n) is 2.20. The number of rotatable bonds is 3. The Morgan fingerprint density at radius 3 is 2.81 bits per heavy atom. The second-order valence-electron chi connectivity index (χ2n) is 4.55. The zero-order chi connectivity index (χ0) is 14.8. The van der Waals surface area contributed by atoms with Crippen molar-refractivity contribution in [2.24, 2.45) is 0 Å². The molecule has 0 aliphatic carbocycles. The first-order chi connectivity index (χ1) is 10.2. The molecule has 2 aromatic carbocycles. The van der Waals surface area contributed by atoms with Gasteiger partial charge in [0.15, 0.2) is 0 Å². The van der Waals surface area contributed by atoms with Gasteiger partial charge in [-0.1, -0.05) is 35.5 Å². The number of fused-ring (bicyclic) bond motifs is 1. The van der Waals surface area contributed by atoms with Gasteiger partial charge in [0.2, 0.25) is 5.78 Å². The highest BCUT2D eigenvalue weighted by Crippen LogP contribution is 2.41. The minimum Gasteiger partial charge on any atom is -0.493 e. The van der Waals surface area contributed by atoms with E-state index in [-0.39, 0.29) is 5.78 Å². The van der Waals surface area contributed by atoms with E-state index in [1.54, 1.807) is 6.07 Å². The van der Waals surface area contributed by atoms with E-state index < -0.39 is 0 Å². The Morgan fingerprint density at radius 2 is 2.05 bits per heavy atom. The molecule has 3 rings (SSSR count). The molecule has 0 unspecified atom stereocenters. The van der Waals surface area contributed by atoms with E-state index in [1.165, 1.54) is 11.8 Å². The highest BCUT2D eigenvalue weighted by atomic mass is 35.5. The van der Waals surface area contributed by atoms with Gasteiger partial charge in [0.1, 0.15) is 5.75 Å². The molecule has 4 heteroatoms. The Hall–Kier alpha value is -1.71. The van der Waals surface area contributed by atoms with Crippen LogP contribution in [0.25, 0.3) is 6.08 Å². The molecular formula is C17H13ClO2S. The van der Waals surface area contributed by atoms with E-state index in [2.05, 4.69) is 0 Å². The molecule has 1 aliphatic rings. The van der Waals surface area contributed by atoms with Crippen LogP contribution in [-0.2, 0) is 0 Å². The van der Waals surface area contributed by atoms with Crippen molar-refractivity contribution in [2.75, 3.05) is 6.61 Å². The molecule has 0 saturated heterocycles. The third-order valence-corrected chi connectivity index (χ3v) is 4.47. The van der Waals surface area contributed by atoms with Crippen molar-refractivity contribution >= 4 is 35.2 Å². The number of carbonyl (C=O) groups is 1. The lowest BCUT2D eigenvalue weighted by molar-refractivity contribution is 0.104. The molecular weight excluding hydrogens is 304 g/mol. The number of ether oxygens (including phenoxy) is 1. The molecule has 21 heavy (non-hydrogen) atoms. The number of thioether (sulfide) groups is 1. The van der Waals surface area contributed by atoms with Gasteiger partial charge in [-0.25, -0.2) is 0 Å². The lowest BCUT2D eigenvalue weighted by atomic mass is 10.1. The van der Waals surface area contributed by atoms with Crippen LogP contribution < -0.4 is 4.74 Å². The quantitative estimate of drug-likeness (QED) is 0.740. The van der Waals surface area contributed by atoms with Crippen LogP contribution in [0.15, 0.2) is 52.3 Å². The summed E-state index contributed by atoms with van der Waals surface area (Å²) in [6.07, 6.45) is 1.85. The van der Waals surface area contributed by atoms with Crippen LogP contribution in [0.5, 0.6) is 5.75 Å². The Labute approximate surface area is 132 Å². The number of halogens is 1. The summed E-state index contributed by atoms with van der Waals surface area (Å²) in [7, 11) is 0. The molecule has 0 aromatic heterocycles. The van der Waals surface area contributed by atoms with E-state index in [0.29, 0.717) is 16.5 Å². The smallest absolute Gasteiger partial charge is 0.200 e. The molecule has 0 fully saturated rings. The van der Waals surface area contributed by atoms with E-state index in [4.69, 9.17) is 16.3 Å². The van der Waals surface area contributed by atoms with Crippen molar-refractivity contribution in [3.63, 3.8) is 0 Å². The molecule has 0 bridgehead atoms. The van der Waals surface area contributed by atoms with Crippen LogP contribution >= 0.6 is 23.4 Å². The van der Waals surface area contributed by atoms with Crippen molar-refractivity contribution in [3.05, 3.63) is 63.5 Å². The predicted molar refractivity (Wildman–Crippen MR) is 87.2 cm³/mol. The molecule has 2 nitrogen and oxygen atoms in total. The van der Waals surface area contributed by atoms with Crippen molar-refractivity contribution < 1.29 is 9.53 Å². The third-order valence-electron chi connectivity index (χ3n) is 3.13. The van der Waals surface area contributed by atoms with Crippen molar-refractivity contribution in [1.82, 2.24) is 0 Å². The summed E-state index contributed by atoms with van der Waals surface area (Å²) < 4.78 is 5.59. The zero-order valence-corrected chi connectivity index (χ0v) is 13.0. The van der Waals surface area contributed by atoms with Crippen LogP contribution in [-0.4, -0.2) is 12.4 Å². The van der Waals surface area contributed by atoms with Crippen LogP contribution in [0.2, 0.25) is 5.02 Å². The predicted octanol–water partition coefficient (Wildman–Crippen LogP) is 5.07. The second kappa shape index (κ2) is 5.96. The summed E-state index contributed by atoms with van der Waals surface area (Å²) in [5.41, 5.74) is 1.58. The van der Waals surface area contributed by atoms with Gasteiger partial charge in [0.25, 0.3) is 0 Å². The maximum Gasteiger partial charge on any atom is 0.200 e. The maximum absolute atomic E-state index is 12.4. The highest BCUT2D eigenvalue weighted by Gasteiger charge is 2.25. The first-order valence-corrected chi connectivity index (χ1v) is 7.84. The maximum atomic E-state index is 12.4. The normalized spacial score (nSPS) is 15.3. The number of hydrogen-bond acceptors (Lipinski definition) is 3. The lowest BCUT2D eigenvalue weighted by Crippen LogP contribution is -1.96. The topological polar surface area (TPSA) is 26.3 Å². The summed E-state index contributed by atoms with van der Waals surface area (Å²) in [4.78, 5) is 14.1. The first-order valence-electron chi connectivity index (χ1n) is 6.64. The molecule has 0 atom stereocenters. The van der Waals surface area contributed by atoms with Gasteiger partial charge in [-0.3, -0.25) is 4.79 Å². The lowest BCUT2D eigenvalue weighted by Gasteiger charge is -2.08. The summed E-state index contributed by atoms with van der Waals surface area (Å²) in [6, 6.07) is 13.1. The third kappa shape index (κ3) is 2.85. The molecule has 1 aliphatic heterocycles. The number of benzene rings is 2. The largest absolute Gasteiger partial charge is 0.493 e. The summed E-state index contributed by atoms with van der Waals surface area (Å²) in [5.74, 6) is 0.789. The molecule has 0 spiro atoms. The Balaban J connectivity index is 2.01. The average molecular weight is 317 g/mol. The van der Waals surface area contributed by atoms with Crippen LogP contribution in [0.3, 0.4) is 0 Å². The number of ketones is 1. The monoisotopic (exact) mass is 316 g/mol. The summed E-state index contributed by atoms with van der Waals surface area (Å²) >= 11 is 7.54. The van der Waals surface area contributed by atoms with Gasteiger partial charge in [0.05, 0.1) is 11.5 Å². The average Bonchev–Trinajstić information content (AvgIpc) is 2.79.